The van der Waals surface area contributed by atoms with Crippen molar-refractivity contribution in [2.24, 2.45) is 0 Å². The van der Waals surface area contributed by atoms with Gasteiger partial charge in [-0.3, -0.25) is 9.69 Å². The number of carbonyl (C=O) groups excluding carboxylic acids is 1. The number of ether oxygens (including phenoxy) is 2. The molecule has 2 saturated heterocycles. The molecule has 2 fully saturated rings. The Balaban J connectivity index is 0.00000182. The Morgan fingerprint density at radius 2 is 1.93 bits per heavy atom. The van der Waals surface area contributed by atoms with Crippen molar-refractivity contribution in [2.45, 2.75) is 37.8 Å². The molecule has 2 heterocycles. The number of rotatable bonds is 7. The number of hydrogen-bond donors (Lipinski definition) is 2. The summed E-state index contributed by atoms with van der Waals surface area (Å²) in [4.78, 5) is 14.4. The van der Waals surface area contributed by atoms with Gasteiger partial charge >= 0.3 is 0 Å². The van der Waals surface area contributed by atoms with E-state index in [4.69, 9.17) is 9.47 Å². The predicted octanol–water partition coefficient (Wildman–Crippen LogP) is 2.71. The fraction of sp³-hybridized carbons (Fsp3) is 0.632. The van der Waals surface area contributed by atoms with Crippen molar-refractivity contribution in [1.82, 2.24) is 10.2 Å². The topological polar surface area (TPSA) is 62.8 Å². The minimum Gasteiger partial charge on any atom is -0.491 e. The minimum absolute atomic E-state index is 0. The average Bonchev–Trinajstić information content (AvgIpc) is 3.15. The molecule has 1 aromatic carbocycles. The molecule has 1 amide bonds. The smallest absolute Gasteiger partial charge is 0.238 e. The Morgan fingerprint density at radius 1 is 1.22 bits per heavy atom. The van der Waals surface area contributed by atoms with Gasteiger partial charge in [0.1, 0.15) is 12.4 Å². The molecule has 0 saturated carbocycles. The van der Waals surface area contributed by atoms with E-state index in [0.29, 0.717) is 19.2 Å². The van der Waals surface area contributed by atoms with Crippen LogP contribution in [0.15, 0.2) is 24.3 Å². The van der Waals surface area contributed by atoms with E-state index in [2.05, 4.69) is 15.5 Å². The molecule has 1 unspecified atom stereocenters. The highest BCUT2D eigenvalue weighted by molar-refractivity contribution is 5.92. The van der Waals surface area contributed by atoms with E-state index < -0.39 is 0 Å². The number of nitrogens with zero attached hydrogens (tertiary/aromatic N) is 1. The third kappa shape index (κ3) is 7.84. The van der Waals surface area contributed by atoms with E-state index in [1.165, 1.54) is 0 Å². The van der Waals surface area contributed by atoms with Gasteiger partial charge in [0.25, 0.3) is 0 Å². The van der Waals surface area contributed by atoms with Gasteiger partial charge in [0.2, 0.25) is 5.91 Å². The lowest BCUT2D eigenvalue weighted by atomic mass is 10.1. The van der Waals surface area contributed by atoms with Gasteiger partial charge in [0, 0.05) is 18.3 Å². The molecule has 0 bridgehead atoms. The molecular formula is C19H31Cl2N3O3. The monoisotopic (exact) mass is 419 g/mol. The molecule has 0 radical (unpaired) electrons. The number of likely N-dealkylation sites (N-methyl/N-ethyl adjacent to an activating group) is 1. The van der Waals surface area contributed by atoms with Gasteiger partial charge in [-0.05, 0) is 70.1 Å². The predicted molar refractivity (Wildman–Crippen MR) is 113 cm³/mol. The summed E-state index contributed by atoms with van der Waals surface area (Å²) in [5, 5.41) is 6.31. The zero-order valence-electron chi connectivity index (χ0n) is 15.8. The summed E-state index contributed by atoms with van der Waals surface area (Å²) in [5.41, 5.74) is 0.799. The number of nitrogens with one attached hydrogen (secondary N) is 2. The van der Waals surface area contributed by atoms with Crippen LogP contribution in [0.5, 0.6) is 5.75 Å². The highest BCUT2D eigenvalue weighted by Crippen LogP contribution is 2.18. The van der Waals surface area contributed by atoms with Gasteiger partial charge in [-0.1, -0.05) is 0 Å². The van der Waals surface area contributed by atoms with E-state index in [-0.39, 0.29) is 36.8 Å². The maximum Gasteiger partial charge on any atom is 0.238 e. The molecule has 2 aliphatic heterocycles. The first-order valence-corrected chi connectivity index (χ1v) is 9.26. The summed E-state index contributed by atoms with van der Waals surface area (Å²) in [5.74, 6) is 0.828. The number of carbonyl (C=O) groups is 1. The molecule has 1 aromatic rings. The number of piperidine rings is 1. The van der Waals surface area contributed by atoms with Crippen LogP contribution in [0.1, 0.15) is 25.7 Å². The van der Waals surface area contributed by atoms with Crippen molar-refractivity contribution in [3.63, 3.8) is 0 Å². The molecule has 0 spiro atoms. The van der Waals surface area contributed by atoms with Crippen LogP contribution in [0.25, 0.3) is 0 Å². The minimum atomic E-state index is 0. The zero-order chi connectivity index (χ0) is 17.5. The molecule has 0 aromatic heterocycles. The SMILES string of the molecule is CN(CC(=O)Nc1ccc(OCC2CCCO2)cc1)C1CCNCC1.Cl.Cl. The van der Waals surface area contributed by atoms with Crippen molar-refractivity contribution in [2.75, 3.05) is 45.2 Å². The Morgan fingerprint density at radius 3 is 2.56 bits per heavy atom. The van der Waals surface area contributed by atoms with Crippen LogP contribution in [0, 0.1) is 0 Å². The van der Waals surface area contributed by atoms with Crippen molar-refractivity contribution in [1.29, 1.82) is 0 Å². The molecule has 2 aliphatic rings. The lowest BCUT2D eigenvalue weighted by Crippen LogP contribution is -2.44. The number of halogens is 2. The standard InChI is InChI=1S/C19H29N3O3.2ClH/c1-22(16-8-10-20-11-9-16)13-19(23)21-15-4-6-17(7-5-15)25-14-18-3-2-12-24-18;;/h4-7,16,18,20H,2-3,8-14H2,1H3,(H,21,23);2*1H. The van der Waals surface area contributed by atoms with Crippen LogP contribution in [0.4, 0.5) is 5.69 Å². The number of benzene rings is 1. The van der Waals surface area contributed by atoms with Crippen LogP contribution in [-0.4, -0.2) is 62.8 Å². The van der Waals surface area contributed by atoms with Crippen LogP contribution >= 0.6 is 24.8 Å². The lowest BCUT2D eigenvalue weighted by molar-refractivity contribution is -0.117. The molecule has 1 atom stereocenters. The first kappa shape index (κ1) is 24.0. The van der Waals surface area contributed by atoms with Crippen molar-refractivity contribution >= 4 is 36.4 Å². The normalized spacial score (nSPS) is 19.9. The largest absolute Gasteiger partial charge is 0.491 e. The van der Waals surface area contributed by atoms with Gasteiger partial charge in [-0.2, -0.15) is 0 Å². The first-order valence-electron chi connectivity index (χ1n) is 9.26. The summed E-state index contributed by atoms with van der Waals surface area (Å²) >= 11 is 0. The van der Waals surface area contributed by atoms with Crippen LogP contribution in [0.3, 0.4) is 0 Å². The molecule has 154 valence electrons. The average molecular weight is 420 g/mol. The van der Waals surface area contributed by atoms with Crippen LogP contribution in [0.2, 0.25) is 0 Å². The van der Waals surface area contributed by atoms with Crippen LogP contribution in [-0.2, 0) is 9.53 Å². The Hall–Kier alpha value is -1.05. The molecule has 6 nitrogen and oxygen atoms in total. The number of anilines is 1. The molecule has 2 N–H and O–H groups in total. The van der Waals surface area contributed by atoms with Gasteiger partial charge in [0.15, 0.2) is 0 Å². The summed E-state index contributed by atoms with van der Waals surface area (Å²) in [6.45, 7) is 3.91. The highest BCUT2D eigenvalue weighted by atomic mass is 35.5. The maximum atomic E-state index is 12.2. The van der Waals surface area contributed by atoms with Crippen LogP contribution < -0.4 is 15.4 Å². The summed E-state index contributed by atoms with van der Waals surface area (Å²) in [6.07, 6.45) is 4.59. The van der Waals surface area contributed by atoms with Gasteiger partial charge in [-0.25, -0.2) is 0 Å². The maximum absolute atomic E-state index is 12.2. The second-order valence-electron chi connectivity index (χ2n) is 6.91. The van der Waals surface area contributed by atoms with Crippen molar-refractivity contribution in [3.05, 3.63) is 24.3 Å². The van der Waals surface area contributed by atoms with E-state index in [0.717, 1.165) is 56.8 Å². The fourth-order valence-corrected chi connectivity index (χ4v) is 3.40. The Kier molecular flexibility index (Phi) is 11.0. The summed E-state index contributed by atoms with van der Waals surface area (Å²) in [6, 6.07) is 8.03. The molecule has 0 aliphatic carbocycles. The number of hydrogen-bond acceptors (Lipinski definition) is 5. The number of amides is 1. The fourth-order valence-electron chi connectivity index (χ4n) is 3.40. The van der Waals surface area contributed by atoms with E-state index in [9.17, 15) is 4.79 Å². The van der Waals surface area contributed by atoms with Crippen molar-refractivity contribution in [3.8, 4) is 5.75 Å². The summed E-state index contributed by atoms with van der Waals surface area (Å²) in [7, 11) is 2.03. The third-order valence-electron chi connectivity index (χ3n) is 4.92. The highest BCUT2D eigenvalue weighted by Gasteiger charge is 2.19. The first-order chi connectivity index (χ1) is 12.2. The van der Waals surface area contributed by atoms with E-state index >= 15 is 0 Å². The van der Waals surface area contributed by atoms with E-state index in [1.807, 2.05) is 31.3 Å². The zero-order valence-corrected chi connectivity index (χ0v) is 17.4. The Bertz CT molecular complexity index is 548. The Labute approximate surface area is 174 Å². The molecular weight excluding hydrogens is 389 g/mol. The lowest BCUT2D eigenvalue weighted by Gasteiger charge is -2.31. The molecule has 8 heteroatoms. The summed E-state index contributed by atoms with van der Waals surface area (Å²) < 4.78 is 11.3. The third-order valence-corrected chi connectivity index (χ3v) is 4.92. The van der Waals surface area contributed by atoms with E-state index in [1.54, 1.807) is 0 Å². The van der Waals surface area contributed by atoms with Gasteiger partial charge < -0.3 is 20.1 Å². The molecule has 27 heavy (non-hydrogen) atoms. The second kappa shape index (κ2) is 12.4. The van der Waals surface area contributed by atoms with Crippen molar-refractivity contribution < 1.29 is 14.3 Å². The van der Waals surface area contributed by atoms with Gasteiger partial charge in [0.05, 0.1) is 12.6 Å². The quantitative estimate of drug-likeness (QED) is 0.711. The molecule has 3 rings (SSSR count). The van der Waals surface area contributed by atoms with Gasteiger partial charge in [-0.15, -0.1) is 24.8 Å². The second-order valence-corrected chi connectivity index (χ2v) is 6.91.